The first-order chi connectivity index (χ1) is 8.04. The van der Waals surface area contributed by atoms with Gasteiger partial charge in [-0.2, -0.15) is 0 Å². The average molecular weight is 233 g/mol. The van der Waals surface area contributed by atoms with Crippen LogP contribution in [-0.2, 0) is 9.59 Å². The normalized spacial score (nSPS) is 9.18. The fraction of sp³-hybridized carbons (Fsp3) is 0.100. The highest BCUT2D eigenvalue weighted by molar-refractivity contribution is 6.37. The Morgan fingerprint density at radius 1 is 1.35 bits per heavy atom. The first kappa shape index (κ1) is 12.4. The van der Waals surface area contributed by atoms with Crippen LogP contribution in [0.15, 0.2) is 29.4 Å². The number of carbonyl (C=O) groups is 3. The number of Topliss-reactive ketones (excluding diaryl/α,β-unsaturated/α-hetero) is 2. The molecule has 0 aromatic heterocycles. The number of ketones is 2. The van der Waals surface area contributed by atoms with Crippen molar-refractivity contribution in [2.45, 2.75) is 6.42 Å². The number of aliphatic carboxylic acids is 1. The van der Waals surface area contributed by atoms with Gasteiger partial charge in [0, 0.05) is 16.2 Å². The van der Waals surface area contributed by atoms with E-state index in [0.717, 1.165) is 0 Å². The molecule has 0 amide bonds. The SMILES string of the molecule is [N-]=[N+]=Nc1cccc(C(=O)CC(=O)C(=O)O)c1. The van der Waals surface area contributed by atoms with Gasteiger partial charge in [-0.15, -0.1) is 0 Å². The zero-order chi connectivity index (χ0) is 12.8. The standard InChI is InChI=1S/C10H7N3O4/c11-13-12-7-3-1-2-6(4-7)8(14)5-9(15)10(16)17/h1-4H,5H2,(H,16,17). The predicted molar refractivity (Wildman–Crippen MR) is 56.8 cm³/mol. The molecule has 1 aromatic rings. The van der Waals surface area contributed by atoms with Crippen molar-refractivity contribution < 1.29 is 19.5 Å². The second-order valence-electron chi connectivity index (χ2n) is 3.07. The van der Waals surface area contributed by atoms with Gasteiger partial charge < -0.3 is 5.11 Å². The number of carbonyl (C=O) groups excluding carboxylic acids is 2. The molecule has 7 nitrogen and oxygen atoms in total. The molecule has 0 aliphatic rings. The summed E-state index contributed by atoms with van der Waals surface area (Å²) < 4.78 is 0. The smallest absolute Gasteiger partial charge is 0.372 e. The molecule has 7 heteroatoms. The maximum Gasteiger partial charge on any atom is 0.372 e. The van der Waals surface area contributed by atoms with Gasteiger partial charge >= 0.3 is 5.97 Å². The number of carboxylic acid groups (broad SMARTS) is 1. The number of nitrogens with zero attached hydrogens (tertiary/aromatic N) is 3. The number of azide groups is 1. The molecule has 86 valence electrons. The Labute approximate surface area is 95.3 Å². The van der Waals surface area contributed by atoms with Crippen molar-refractivity contribution in [2.75, 3.05) is 0 Å². The van der Waals surface area contributed by atoms with Gasteiger partial charge in [-0.05, 0) is 11.6 Å². The molecule has 0 radical (unpaired) electrons. The Morgan fingerprint density at radius 2 is 2.06 bits per heavy atom. The largest absolute Gasteiger partial charge is 0.475 e. The molecule has 0 aliphatic heterocycles. The summed E-state index contributed by atoms with van der Waals surface area (Å²) in [4.78, 5) is 35.1. The van der Waals surface area contributed by atoms with E-state index in [-0.39, 0.29) is 11.3 Å². The summed E-state index contributed by atoms with van der Waals surface area (Å²) in [6, 6.07) is 5.66. The van der Waals surface area contributed by atoms with Crippen LogP contribution < -0.4 is 0 Å². The van der Waals surface area contributed by atoms with Gasteiger partial charge in [-0.1, -0.05) is 23.3 Å². The van der Waals surface area contributed by atoms with Crippen molar-refractivity contribution in [3.05, 3.63) is 40.3 Å². The fourth-order valence-corrected chi connectivity index (χ4v) is 1.12. The maximum absolute atomic E-state index is 11.5. The summed E-state index contributed by atoms with van der Waals surface area (Å²) in [6.45, 7) is 0. The minimum atomic E-state index is -1.65. The third-order valence-electron chi connectivity index (χ3n) is 1.89. The highest BCUT2D eigenvalue weighted by Crippen LogP contribution is 2.15. The van der Waals surface area contributed by atoms with E-state index in [1.54, 1.807) is 0 Å². The minimum Gasteiger partial charge on any atom is -0.475 e. The monoisotopic (exact) mass is 233 g/mol. The van der Waals surface area contributed by atoms with E-state index in [0.29, 0.717) is 0 Å². The Bertz CT molecular complexity index is 532. The molecule has 0 unspecified atom stereocenters. The molecule has 0 bridgehead atoms. The van der Waals surface area contributed by atoms with Crippen LogP contribution >= 0.6 is 0 Å². The Morgan fingerprint density at radius 3 is 2.65 bits per heavy atom. The van der Waals surface area contributed by atoms with Crippen molar-refractivity contribution in [1.29, 1.82) is 0 Å². The fourth-order valence-electron chi connectivity index (χ4n) is 1.12. The lowest BCUT2D eigenvalue weighted by Gasteiger charge is -1.99. The van der Waals surface area contributed by atoms with Crippen LogP contribution in [0.5, 0.6) is 0 Å². The molecule has 1 aromatic carbocycles. The molecule has 0 atom stereocenters. The Kier molecular flexibility index (Phi) is 3.96. The molecule has 17 heavy (non-hydrogen) atoms. The summed E-state index contributed by atoms with van der Waals surface area (Å²) in [6.07, 6.45) is -0.713. The Balaban J connectivity index is 2.89. The number of rotatable bonds is 5. The van der Waals surface area contributed by atoms with E-state index >= 15 is 0 Å². The van der Waals surface area contributed by atoms with Crippen molar-refractivity contribution in [1.82, 2.24) is 0 Å². The molecule has 0 saturated heterocycles. The Hall–Kier alpha value is -2.66. The van der Waals surface area contributed by atoms with Gasteiger partial charge in [0.15, 0.2) is 5.78 Å². The van der Waals surface area contributed by atoms with E-state index in [9.17, 15) is 14.4 Å². The van der Waals surface area contributed by atoms with E-state index in [1.807, 2.05) is 0 Å². The molecular weight excluding hydrogens is 226 g/mol. The lowest BCUT2D eigenvalue weighted by molar-refractivity contribution is -0.148. The van der Waals surface area contributed by atoms with E-state index in [2.05, 4.69) is 10.0 Å². The van der Waals surface area contributed by atoms with E-state index in [1.165, 1.54) is 24.3 Å². The summed E-state index contributed by atoms with van der Waals surface area (Å²) >= 11 is 0. The summed E-state index contributed by atoms with van der Waals surface area (Å²) in [7, 11) is 0. The van der Waals surface area contributed by atoms with Gasteiger partial charge in [0.05, 0.1) is 6.42 Å². The van der Waals surface area contributed by atoms with Gasteiger partial charge in [-0.25, -0.2) is 4.79 Å². The van der Waals surface area contributed by atoms with Gasteiger partial charge in [0.1, 0.15) is 0 Å². The van der Waals surface area contributed by atoms with E-state index in [4.69, 9.17) is 10.6 Å². The van der Waals surface area contributed by atoms with Crippen LogP contribution in [0.3, 0.4) is 0 Å². The highest BCUT2D eigenvalue weighted by atomic mass is 16.4. The van der Waals surface area contributed by atoms with Gasteiger partial charge in [0.25, 0.3) is 0 Å². The second-order valence-corrected chi connectivity index (χ2v) is 3.07. The second kappa shape index (κ2) is 5.43. The first-order valence-corrected chi connectivity index (χ1v) is 4.49. The number of carboxylic acids is 1. The van der Waals surface area contributed by atoms with Crippen molar-refractivity contribution in [2.24, 2.45) is 5.11 Å². The van der Waals surface area contributed by atoms with Crippen molar-refractivity contribution in [3.63, 3.8) is 0 Å². The zero-order valence-corrected chi connectivity index (χ0v) is 8.53. The van der Waals surface area contributed by atoms with Gasteiger partial charge in [-0.3, -0.25) is 9.59 Å². The van der Waals surface area contributed by atoms with Crippen LogP contribution in [0.1, 0.15) is 16.8 Å². The third kappa shape index (κ3) is 3.44. The summed E-state index contributed by atoms with van der Waals surface area (Å²) in [5.41, 5.74) is 8.56. The summed E-state index contributed by atoms with van der Waals surface area (Å²) in [5, 5.41) is 11.6. The molecule has 0 heterocycles. The van der Waals surface area contributed by atoms with Crippen LogP contribution in [-0.4, -0.2) is 22.6 Å². The number of benzene rings is 1. The molecule has 0 spiro atoms. The maximum atomic E-state index is 11.5. The predicted octanol–water partition coefficient (Wildman–Crippen LogP) is 1.85. The third-order valence-corrected chi connectivity index (χ3v) is 1.89. The van der Waals surface area contributed by atoms with Crippen LogP contribution in [0.4, 0.5) is 5.69 Å². The lowest BCUT2D eigenvalue weighted by Crippen LogP contribution is -2.17. The van der Waals surface area contributed by atoms with Crippen molar-refractivity contribution in [3.8, 4) is 0 Å². The first-order valence-electron chi connectivity index (χ1n) is 4.49. The molecule has 0 saturated carbocycles. The number of hydrogen-bond acceptors (Lipinski definition) is 4. The van der Waals surface area contributed by atoms with E-state index < -0.39 is 24.0 Å². The number of hydrogen-bond donors (Lipinski definition) is 1. The molecule has 1 N–H and O–H groups in total. The van der Waals surface area contributed by atoms with Crippen molar-refractivity contribution >= 4 is 23.2 Å². The zero-order valence-electron chi connectivity index (χ0n) is 8.53. The minimum absolute atomic E-state index is 0.129. The molecule has 0 fully saturated rings. The van der Waals surface area contributed by atoms with Gasteiger partial charge in [0.2, 0.25) is 5.78 Å². The highest BCUT2D eigenvalue weighted by Gasteiger charge is 2.17. The van der Waals surface area contributed by atoms with Crippen LogP contribution in [0.25, 0.3) is 10.4 Å². The quantitative estimate of drug-likeness (QED) is 0.208. The lowest BCUT2D eigenvalue weighted by atomic mass is 10.1. The molecule has 1 rings (SSSR count). The topological polar surface area (TPSA) is 120 Å². The average Bonchev–Trinajstić information content (AvgIpc) is 2.29. The van der Waals surface area contributed by atoms with Crippen LogP contribution in [0, 0.1) is 0 Å². The summed E-state index contributed by atoms with van der Waals surface area (Å²) in [5.74, 6) is -3.46. The van der Waals surface area contributed by atoms with Crippen LogP contribution in [0.2, 0.25) is 0 Å². The molecular formula is C10H7N3O4. The molecule has 0 aliphatic carbocycles.